The minimum atomic E-state index is -3.42. The van der Waals surface area contributed by atoms with Crippen molar-refractivity contribution in [2.45, 2.75) is 31.7 Å². The van der Waals surface area contributed by atoms with Crippen LogP contribution >= 0.6 is 0 Å². The van der Waals surface area contributed by atoms with E-state index in [0.717, 1.165) is 24.2 Å². The molecule has 134 valence electrons. The van der Waals surface area contributed by atoms with Crippen LogP contribution in [-0.4, -0.2) is 43.8 Å². The summed E-state index contributed by atoms with van der Waals surface area (Å²) in [6.07, 6.45) is 0. The standard InChI is InChI=1S/C20H26N2O2S/c1-16-9-10-17(2)20(15-16)25(23,24)22-13-11-21(12-14-22)18(3)19-7-5-4-6-8-19/h4-10,15,18H,11-14H2,1-3H3/t18-/m0/s1. The Morgan fingerprint density at radius 3 is 2.20 bits per heavy atom. The van der Waals surface area contributed by atoms with Crippen molar-refractivity contribution in [2.24, 2.45) is 0 Å². The zero-order valence-corrected chi connectivity index (χ0v) is 16.0. The van der Waals surface area contributed by atoms with E-state index in [9.17, 15) is 8.42 Å². The van der Waals surface area contributed by atoms with Crippen molar-refractivity contribution < 1.29 is 8.42 Å². The van der Waals surface area contributed by atoms with Crippen LogP contribution in [-0.2, 0) is 10.0 Å². The van der Waals surface area contributed by atoms with E-state index in [4.69, 9.17) is 0 Å². The maximum absolute atomic E-state index is 13.0. The van der Waals surface area contributed by atoms with Gasteiger partial charge in [-0.25, -0.2) is 8.42 Å². The first-order chi connectivity index (χ1) is 11.9. The van der Waals surface area contributed by atoms with E-state index >= 15 is 0 Å². The predicted molar refractivity (Wildman–Crippen MR) is 101 cm³/mol. The fourth-order valence-electron chi connectivity index (χ4n) is 3.40. The maximum atomic E-state index is 13.0. The number of aryl methyl sites for hydroxylation is 2. The molecular weight excluding hydrogens is 332 g/mol. The van der Waals surface area contributed by atoms with Gasteiger partial charge in [0.15, 0.2) is 0 Å². The van der Waals surface area contributed by atoms with Gasteiger partial charge in [-0.15, -0.1) is 0 Å². The van der Waals surface area contributed by atoms with Crippen LogP contribution in [0.2, 0.25) is 0 Å². The van der Waals surface area contributed by atoms with Gasteiger partial charge in [0.25, 0.3) is 0 Å². The molecule has 1 aliphatic rings. The molecule has 0 amide bonds. The topological polar surface area (TPSA) is 40.6 Å². The van der Waals surface area contributed by atoms with Gasteiger partial charge in [-0.05, 0) is 43.5 Å². The highest BCUT2D eigenvalue weighted by Gasteiger charge is 2.31. The van der Waals surface area contributed by atoms with Gasteiger partial charge in [0.05, 0.1) is 4.90 Å². The second-order valence-electron chi connectivity index (χ2n) is 6.80. The minimum absolute atomic E-state index is 0.298. The molecule has 1 saturated heterocycles. The highest BCUT2D eigenvalue weighted by atomic mass is 32.2. The van der Waals surface area contributed by atoms with Crippen molar-refractivity contribution in [3.05, 3.63) is 65.2 Å². The highest BCUT2D eigenvalue weighted by molar-refractivity contribution is 7.89. The highest BCUT2D eigenvalue weighted by Crippen LogP contribution is 2.25. The number of hydrogen-bond donors (Lipinski definition) is 0. The zero-order chi connectivity index (χ0) is 18.0. The van der Waals surface area contributed by atoms with Crippen LogP contribution < -0.4 is 0 Å². The predicted octanol–water partition coefficient (Wildman–Crippen LogP) is 3.37. The minimum Gasteiger partial charge on any atom is -0.294 e. The number of sulfonamides is 1. The van der Waals surface area contributed by atoms with E-state index in [1.165, 1.54) is 5.56 Å². The lowest BCUT2D eigenvalue weighted by Crippen LogP contribution is -2.49. The molecule has 1 atom stereocenters. The van der Waals surface area contributed by atoms with E-state index in [2.05, 4.69) is 24.0 Å². The quantitative estimate of drug-likeness (QED) is 0.841. The van der Waals surface area contributed by atoms with Crippen molar-refractivity contribution in [1.29, 1.82) is 0 Å². The summed E-state index contributed by atoms with van der Waals surface area (Å²) in [5.41, 5.74) is 3.06. The van der Waals surface area contributed by atoms with E-state index < -0.39 is 10.0 Å². The van der Waals surface area contributed by atoms with Crippen molar-refractivity contribution in [2.75, 3.05) is 26.2 Å². The van der Waals surface area contributed by atoms with Crippen molar-refractivity contribution in [1.82, 2.24) is 9.21 Å². The normalized spacial score (nSPS) is 18.2. The molecule has 0 aliphatic carbocycles. The van der Waals surface area contributed by atoms with Gasteiger partial charge in [0, 0.05) is 32.2 Å². The zero-order valence-electron chi connectivity index (χ0n) is 15.1. The molecule has 0 N–H and O–H groups in total. The largest absolute Gasteiger partial charge is 0.294 e. The van der Waals surface area contributed by atoms with Crippen LogP contribution in [0.3, 0.4) is 0 Å². The Kier molecular flexibility index (Phi) is 5.27. The van der Waals surface area contributed by atoms with E-state index in [1.54, 1.807) is 10.4 Å². The molecule has 2 aromatic carbocycles. The van der Waals surface area contributed by atoms with Crippen LogP contribution in [0, 0.1) is 13.8 Å². The molecule has 0 saturated carbocycles. The van der Waals surface area contributed by atoms with Crippen molar-refractivity contribution in [3.63, 3.8) is 0 Å². The summed E-state index contributed by atoms with van der Waals surface area (Å²) in [5.74, 6) is 0. The molecule has 5 heteroatoms. The third-order valence-corrected chi connectivity index (χ3v) is 7.11. The van der Waals surface area contributed by atoms with Crippen LogP contribution in [0.25, 0.3) is 0 Å². The maximum Gasteiger partial charge on any atom is 0.243 e. The molecule has 1 fully saturated rings. The van der Waals surface area contributed by atoms with Crippen LogP contribution in [0.4, 0.5) is 0 Å². The molecule has 0 unspecified atom stereocenters. The van der Waals surface area contributed by atoms with Gasteiger partial charge < -0.3 is 0 Å². The Bertz CT molecular complexity index is 826. The summed E-state index contributed by atoms with van der Waals surface area (Å²) in [6, 6.07) is 16.3. The van der Waals surface area contributed by atoms with E-state index in [1.807, 2.05) is 44.2 Å². The average Bonchev–Trinajstić information content (AvgIpc) is 2.64. The van der Waals surface area contributed by atoms with E-state index in [-0.39, 0.29) is 0 Å². The van der Waals surface area contributed by atoms with Crippen LogP contribution in [0.15, 0.2) is 53.4 Å². The molecule has 25 heavy (non-hydrogen) atoms. The summed E-state index contributed by atoms with van der Waals surface area (Å²) >= 11 is 0. The molecule has 2 aromatic rings. The monoisotopic (exact) mass is 358 g/mol. The summed E-state index contributed by atoms with van der Waals surface area (Å²) in [4.78, 5) is 2.79. The number of benzene rings is 2. The van der Waals surface area contributed by atoms with Crippen LogP contribution in [0.5, 0.6) is 0 Å². The molecular formula is C20H26N2O2S. The first kappa shape index (κ1) is 18.1. The van der Waals surface area contributed by atoms with Crippen molar-refractivity contribution in [3.8, 4) is 0 Å². The van der Waals surface area contributed by atoms with Gasteiger partial charge in [0.1, 0.15) is 0 Å². The van der Waals surface area contributed by atoms with Gasteiger partial charge >= 0.3 is 0 Å². The van der Waals surface area contributed by atoms with Gasteiger partial charge in [-0.2, -0.15) is 4.31 Å². The number of hydrogen-bond acceptors (Lipinski definition) is 3. The lowest BCUT2D eigenvalue weighted by atomic mass is 10.1. The molecule has 1 aliphatic heterocycles. The molecule has 4 nitrogen and oxygen atoms in total. The SMILES string of the molecule is Cc1ccc(C)c(S(=O)(=O)N2CCN([C@@H](C)c3ccccc3)CC2)c1. The first-order valence-electron chi connectivity index (χ1n) is 8.76. The van der Waals surface area contributed by atoms with Gasteiger partial charge in [-0.3, -0.25) is 4.90 Å². The molecule has 0 bridgehead atoms. The second kappa shape index (κ2) is 7.28. The Balaban J connectivity index is 1.72. The van der Waals surface area contributed by atoms with E-state index in [0.29, 0.717) is 24.0 Å². The molecule has 0 radical (unpaired) electrons. The third-order valence-electron chi connectivity index (χ3n) is 5.06. The first-order valence-corrected chi connectivity index (χ1v) is 10.2. The summed E-state index contributed by atoms with van der Waals surface area (Å²) in [5, 5.41) is 0. The van der Waals surface area contributed by atoms with Gasteiger partial charge in [-0.1, -0.05) is 42.5 Å². The molecule has 0 spiro atoms. The Morgan fingerprint density at radius 1 is 0.920 bits per heavy atom. The molecule has 3 rings (SSSR count). The fourth-order valence-corrected chi connectivity index (χ4v) is 5.13. The third kappa shape index (κ3) is 3.78. The van der Waals surface area contributed by atoms with Crippen LogP contribution in [0.1, 0.15) is 29.7 Å². The summed E-state index contributed by atoms with van der Waals surface area (Å²) in [6.45, 7) is 8.54. The fraction of sp³-hybridized carbons (Fsp3) is 0.400. The Morgan fingerprint density at radius 2 is 1.56 bits per heavy atom. The Hall–Kier alpha value is -1.69. The summed E-state index contributed by atoms with van der Waals surface area (Å²) < 4.78 is 27.7. The Labute approximate surface area is 151 Å². The second-order valence-corrected chi connectivity index (χ2v) is 8.70. The summed E-state index contributed by atoms with van der Waals surface area (Å²) in [7, 11) is -3.42. The van der Waals surface area contributed by atoms with Crippen molar-refractivity contribution >= 4 is 10.0 Å². The lowest BCUT2D eigenvalue weighted by Gasteiger charge is -2.37. The lowest BCUT2D eigenvalue weighted by molar-refractivity contribution is 0.146. The van der Waals surface area contributed by atoms with Gasteiger partial charge in [0.2, 0.25) is 10.0 Å². The smallest absolute Gasteiger partial charge is 0.243 e. The molecule has 1 heterocycles. The average molecular weight is 359 g/mol. The number of piperazine rings is 1. The molecule has 0 aromatic heterocycles. The number of rotatable bonds is 4. The number of nitrogens with zero attached hydrogens (tertiary/aromatic N) is 2.